The van der Waals surface area contributed by atoms with Crippen LogP contribution in [-0.2, 0) is 0 Å². The third-order valence-corrected chi connectivity index (χ3v) is 6.29. The number of carboxylic acid groups (broad SMARTS) is 1. The largest absolute Gasteiger partial charge is 0.478 e. The molecule has 5 rings (SSSR count). The van der Waals surface area contributed by atoms with E-state index in [1.54, 1.807) is 30.3 Å². The van der Waals surface area contributed by atoms with Crippen LogP contribution in [0.4, 0.5) is 14.5 Å². The number of nitrogens with one attached hydrogen (secondary N) is 1. The van der Waals surface area contributed by atoms with Gasteiger partial charge in [-0.05, 0) is 36.5 Å². The molecule has 1 saturated carbocycles. The molecule has 2 aromatic heterocycles. The number of carbonyl (C=O) groups excluding carboxylic acids is 1. The predicted molar refractivity (Wildman–Crippen MR) is 113 cm³/mol. The molecule has 0 radical (unpaired) electrons. The highest BCUT2D eigenvalue weighted by Crippen LogP contribution is 2.44. The number of amides is 1. The number of anilines is 1. The van der Waals surface area contributed by atoms with Crippen LogP contribution >= 0.6 is 11.3 Å². The number of carbonyl (C=O) groups is 2. The second-order valence-electron chi connectivity index (χ2n) is 7.37. The van der Waals surface area contributed by atoms with E-state index in [4.69, 9.17) is 4.42 Å². The number of fused-ring (bicyclic) bond motifs is 1. The minimum Gasteiger partial charge on any atom is -0.478 e. The van der Waals surface area contributed by atoms with Crippen LogP contribution in [0.3, 0.4) is 0 Å². The highest BCUT2D eigenvalue weighted by molar-refractivity contribution is 7.14. The van der Waals surface area contributed by atoms with Crippen LogP contribution in [-0.4, -0.2) is 17.0 Å². The maximum absolute atomic E-state index is 14.8. The van der Waals surface area contributed by atoms with E-state index >= 15 is 0 Å². The van der Waals surface area contributed by atoms with Gasteiger partial charge in [0.15, 0.2) is 17.4 Å². The molecule has 0 spiro atoms. The summed E-state index contributed by atoms with van der Waals surface area (Å²) in [5, 5.41) is 14.4. The van der Waals surface area contributed by atoms with Crippen molar-refractivity contribution in [3.63, 3.8) is 0 Å². The Hall–Kier alpha value is -3.52. The second-order valence-corrected chi connectivity index (χ2v) is 8.25. The Labute approximate surface area is 178 Å². The first-order chi connectivity index (χ1) is 14.9. The van der Waals surface area contributed by atoms with E-state index in [1.807, 2.05) is 0 Å². The fourth-order valence-electron chi connectivity index (χ4n) is 3.59. The van der Waals surface area contributed by atoms with Crippen LogP contribution in [0.15, 0.2) is 52.3 Å². The topological polar surface area (TPSA) is 79.5 Å². The molecular weight excluding hydrogens is 424 g/mol. The van der Waals surface area contributed by atoms with Crippen molar-refractivity contribution < 1.29 is 27.9 Å². The van der Waals surface area contributed by atoms with Crippen molar-refractivity contribution in [1.29, 1.82) is 0 Å². The van der Waals surface area contributed by atoms with Crippen molar-refractivity contribution in [3.8, 4) is 10.4 Å². The van der Waals surface area contributed by atoms with Gasteiger partial charge in [-0.25, -0.2) is 13.6 Å². The molecular formula is C23H15F2NO4S. The number of para-hydroxylation sites is 1. The van der Waals surface area contributed by atoms with Gasteiger partial charge in [-0.15, -0.1) is 11.3 Å². The summed E-state index contributed by atoms with van der Waals surface area (Å²) in [5.41, 5.74) is 0.378. The molecule has 0 unspecified atom stereocenters. The maximum Gasteiger partial charge on any atom is 0.339 e. The number of aromatic carboxylic acids is 1. The smallest absolute Gasteiger partial charge is 0.339 e. The van der Waals surface area contributed by atoms with Gasteiger partial charge in [0.25, 0.3) is 5.91 Å². The predicted octanol–water partition coefficient (Wildman–Crippen LogP) is 6.27. The lowest BCUT2D eigenvalue weighted by molar-refractivity contribution is 0.0699. The van der Waals surface area contributed by atoms with Crippen LogP contribution in [0.1, 0.15) is 45.2 Å². The zero-order chi connectivity index (χ0) is 21.7. The first-order valence-corrected chi connectivity index (χ1v) is 10.4. The highest BCUT2D eigenvalue weighted by atomic mass is 32.1. The first-order valence-electron chi connectivity index (χ1n) is 9.57. The van der Waals surface area contributed by atoms with Crippen LogP contribution in [0.2, 0.25) is 0 Å². The molecule has 0 aliphatic heterocycles. The Kier molecular flexibility index (Phi) is 4.59. The third kappa shape index (κ3) is 3.38. The molecule has 0 bridgehead atoms. The standard InChI is InChI=1S/C23H15F2NO4S/c24-19-13(11-5-6-11)7-8-14(20(19)25)21-18(23(28)29)15(10-31-21)26-22(27)17-9-12-3-1-2-4-16(12)30-17/h1-4,7-11H,5-6H2,(H,26,27)(H,28,29). The van der Waals surface area contributed by atoms with Crippen molar-refractivity contribution in [2.75, 3.05) is 5.32 Å². The number of benzene rings is 2. The van der Waals surface area contributed by atoms with E-state index in [2.05, 4.69) is 5.32 Å². The Morgan fingerprint density at radius 3 is 2.58 bits per heavy atom. The van der Waals surface area contributed by atoms with Crippen molar-refractivity contribution >= 4 is 39.9 Å². The molecule has 2 aromatic carbocycles. The number of thiophene rings is 1. The molecule has 0 atom stereocenters. The molecule has 2 N–H and O–H groups in total. The van der Waals surface area contributed by atoms with Crippen molar-refractivity contribution in [2.24, 2.45) is 0 Å². The Bertz CT molecular complexity index is 1320. The number of carboxylic acids is 1. The van der Waals surface area contributed by atoms with Crippen LogP contribution in [0.5, 0.6) is 0 Å². The number of hydrogen-bond donors (Lipinski definition) is 2. The number of hydrogen-bond acceptors (Lipinski definition) is 4. The van der Waals surface area contributed by atoms with Crippen LogP contribution < -0.4 is 5.32 Å². The van der Waals surface area contributed by atoms with E-state index in [-0.39, 0.29) is 33.4 Å². The van der Waals surface area contributed by atoms with E-state index in [1.165, 1.54) is 17.5 Å². The minimum atomic E-state index is -1.36. The summed E-state index contributed by atoms with van der Waals surface area (Å²) in [6.07, 6.45) is 1.63. The van der Waals surface area contributed by atoms with Crippen molar-refractivity contribution in [2.45, 2.75) is 18.8 Å². The van der Waals surface area contributed by atoms with Gasteiger partial charge in [0.2, 0.25) is 0 Å². The zero-order valence-electron chi connectivity index (χ0n) is 15.9. The van der Waals surface area contributed by atoms with E-state index in [0.717, 1.165) is 29.6 Å². The average Bonchev–Trinajstić information content (AvgIpc) is 3.35. The molecule has 31 heavy (non-hydrogen) atoms. The zero-order valence-corrected chi connectivity index (χ0v) is 16.8. The minimum absolute atomic E-state index is 0.0102. The van der Waals surface area contributed by atoms with E-state index in [0.29, 0.717) is 11.1 Å². The summed E-state index contributed by atoms with van der Waals surface area (Å²) >= 11 is 0.920. The lowest BCUT2D eigenvalue weighted by Crippen LogP contribution is -2.13. The van der Waals surface area contributed by atoms with E-state index < -0.39 is 23.5 Å². The van der Waals surface area contributed by atoms with Gasteiger partial charge in [0, 0.05) is 16.3 Å². The van der Waals surface area contributed by atoms with Crippen molar-refractivity contribution in [1.82, 2.24) is 0 Å². The molecule has 8 heteroatoms. The summed E-state index contributed by atoms with van der Waals surface area (Å²) in [7, 11) is 0. The van der Waals surface area contributed by atoms with Gasteiger partial charge < -0.3 is 14.8 Å². The Balaban J connectivity index is 1.51. The average molecular weight is 439 g/mol. The fourth-order valence-corrected chi connectivity index (χ4v) is 4.60. The lowest BCUT2D eigenvalue weighted by atomic mass is 10.0. The van der Waals surface area contributed by atoms with Gasteiger partial charge in [-0.1, -0.05) is 30.3 Å². The molecule has 1 fully saturated rings. The lowest BCUT2D eigenvalue weighted by Gasteiger charge is -2.09. The Morgan fingerprint density at radius 2 is 1.87 bits per heavy atom. The highest BCUT2D eigenvalue weighted by Gasteiger charge is 2.31. The molecule has 1 aliphatic carbocycles. The fraction of sp³-hybridized carbons (Fsp3) is 0.130. The summed E-state index contributed by atoms with van der Waals surface area (Å²) in [6.45, 7) is 0. The van der Waals surface area contributed by atoms with Crippen LogP contribution in [0.25, 0.3) is 21.4 Å². The molecule has 1 amide bonds. The van der Waals surface area contributed by atoms with Gasteiger partial charge in [0.05, 0.1) is 10.6 Å². The number of halogens is 2. The third-order valence-electron chi connectivity index (χ3n) is 5.28. The van der Waals surface area contributed by atoms with Gasteiger partial charge in [-0.3, -0.25) is 4.79 Å². The van der Waals surface area contributed by atoms with Gasteiger partial charge in [0.1, 0.15) is 11.1 Å². The summed E-state index contributed by atoms with van der Waals surface area (Å²) in [5.74, 6) is -4.00. The van der Waals surface area contributed by atoms with Crippen molar-refractivity contribution in [3.05, 3.63) is 76.4 Å². The maximum atomic E-state index is 14.8. The molecule has 5 nitrogen and oxygen atoms in total. The molecule has 0 saturated heterocycles. The quantitative estimate of drug-likeness (QED) is 0.384. The van der Waals surface area contributed by atoms with Gasteiger partial charge in [-0.2, -0.15) is 0 Å². The van der Waals surface area contributed by atoms with Crippen LogP contribution in [0, 0.1) is 11.6 Å². The molecule has 156 valence electrons. The normalized spacial score (nSPS) is 13.5. The second kappa shape index (κ2) is 7.31. The van der Waals surface area contributed by atoms with Gasteiger partial charge >= 0.3 is 5.97 Å². The first kappa shape index (κ1) is 19.4. The summed E-state index contributed by atoms with van der Waals surface area (Å²) in [6, 6.07) is 11.5. The Morgan fingerprint density at radius 1 is 1.10 bits per heavy atom. The molecule has 4 aromatic rings. The summed E-state index contributed by atoms with van der Waals surface area (Å²) < 4.78 is 34.8. The van der Waals surface area contributed by atoms with E-state index in [9.17, 15) is 23.5 Å². The number of rotatable bonds is 5. The molecule has 1 aliphatic rings. The summed E-state index contributed by atoms with van der Waals surface area (Å²) in [4.78, 5) is 24.6. The number of furan rings is 1. The monoisotopic (exact) mass is 439 g/mol. The SMILES string of the molecule is O=C(Nc1csc(-c2ccc(C3CC3)c(F)c2F)c1C(=O)O)c1cc2ccccc2o1. The molecule has 2 heterocycles.